The summed E-state index contributed by atoms with van der Waals surface area (Å²) in [5.74, 6) is -2.94. The van der Waals surface area contributed by atoms with Crippen molar-refractivity contribution < 1.29 is 74.7 Å². The molecule has 0 radical (unpaired) electrons. The minimum Gasteiger partial charge on any atom is -0.408 e. The SMILES string of the molecule is CC(C)N(C(C)C)P(OCCC#N)O[C@@H]1C(O[Si](C)(C)C(C)(C)C)[C@H](n2ccc(=O)[nH]c2=O)O[C@@H]1COCCN(C)C(=O)CN1C(=O)c2ccccc2C1=O.[C-]#[N+]CCOP(OC1[C@@H](O[Si](C)(C)C(C)(C)C)[C@@H](COCCN(C)C(=O)CN2C(=O)c3ccccc3C2=O)O[C@H]1n1ccc(=O)[nH]c1=O)N(C(C)C)C(C)C. The lowest BCUT2D eigenvalue weighted by molar-refractivity contribution is -0.131. The second kappa shape index (κ2) is 39.0. The number of likely N-dealkylation sites (N-methyl/N-ethyl adjacent to an activating group) is 2. The van der Waals surface area contributed by atoms with E-state index in [2.05, 4.69) is 98.0 Å². The van der Waals surface area contributed by atoms with Crippen molar-refractivity contribution >= 4 is 69.1 Å². The summed E-state index contributed by atoms with van der Waals surface area (Å²) < 4.78 is 72.5. The van der Waals surface area contributed by atoms with Crippen LogP contribution in [0.5, 0.6) is 0 Å². The minimum absolute atomic E-state index is 0.00372. The minimum atomic E-state index is -2.58. The molecule has 0 spiro atoms. The number of aromatic amines is 2. The quantitative estimate of drug-likeness (QED) is 0.0142. The van der Waals surface area contributed by atoms with Crippen molar-refractivity contribution in [1.82, 2.24) is 48.0 Å². The van der Waals surface area contributed by atoms with Gasteiger partial charge in [0.25, 0.3) is 51.8 Å². The normalized spacial score (nSPS) is 20.8. The van der Waals surface area contributed by atoms with Gasteiger partial charge in [-0.05, 0) is 116 Å². The number of hydrogen-bond donors (Lipinski definition) is 2. The van der Waals surface area contributed by atoms with Crippen LogP contribution in [0.1, 0.15) is 157 Å². The number of carbonyl (C=O) groups is 6. The highest BCUT2D eigenvalue weighted by Crippen LogP contribution is 2.54. The number of imide groups is 2. The largest absolute Gasteiger partial charge is 0.408 e. The highest BCUT2D eigenvalue weighted by atomic mass is 31.2. The molecule has 110 heavy (non-hydrogen) atoms. The van der Waals surface area contributed by atoms with Crippen molar-refractivity contribution in [3.8, 4) is 6.07 Å². The summed E-state index contributed by atoms with van der Waals surface area (Å²) in [6.45, 7) is 44.4. The fraction of sp³-hybridized carbons (Fsp3) is 0.622. The number of nitrogens with zero attached hydrogens (tertiary/aromatic N) is 10. The van der Waals surface area contributed by atoms with E-state index < -0.39 is 154 Å². The zero-order valence-electron chi connectivity index (χ0n) is 66.9. The third-order valence-corrected chi connectivity index (χ3v) is 33.1. The van der Waals surface area contributed by atoms with Crippen LogP contribution in [0, 0.1) is 17.9 Å². The van der Waals surface area contributed by atoms with E-state index in [1.807, 2.05) is 55.4 Å². The standard InChI is InChI=1S/2C37H55N6O10PSi/c1-24(2)43(25(3)4)54(50-20-17-38-8)52-32-31(53-55(10,11)37(5,6)7)28(51-35(32)41-18-16-29(44)39-36(41)48)23-49-21-19-40(9)30(45)22-42-33(46)26-14-12-13-15-27(26)34(42)47;1-24(2)43(25(3)4)54(50-20-13-17-38)52-31-28(51-35(41-18-16-29(44)39-36(41)48)32(31)53-55(9,10)37(5,6)7)23-49-21-19-40(8)30(45)22-42-33(46)26-14-11-12-15-27(26)34(42)47/h12-16,18,24-25,28,31-32,35H,17,19-23H2,1-7,9-11H3,(H,39,44,48);11-12,14-16,18,24-25,28,31-32,35H,13,19-23H2,1-10H3,(H,39,44,48)/t2*28-,31+,32?,35-,54?/m11/s1. The Kier molecular flexibility index (Phi) is 31.9. The van der Waals surface area contributed by atoms with Crippen molar-refractivity contribution in [3.05, 3.63) is 148 Å². The molecule has 0 bridgehead atoms. The Balaban J connectivity index is 0.000000306. The number of aromatic nitrogens is 4. The van der Waals surface area contributed by atoms with E-state index >= 15 is 0 Å². The predicted molar refractivity (Wildman–Crippen MR) is 417 cm³/mol. The zero-order chi connectivity index (χ0) is 81.7. The Labute approximate surface area is 647 Å². The Morgan fingerprint density at radius 2 is 0.909 bits per heavy atom. The van der Waals surface area contributed by atoms with Gasteiger partial charge in [0.15, 0.2) is 29.1 Å². The summed E-state index contributed by atoms with van der Waals surface area (Å²) in [6.07, 6.45) is -4.19. The lowest BCUT2D eigenvalue weighted by Crippen LogP contribution is -2.51. The molecule has 32 nitrogen and oxygen atoms in total. The predicted octanol–water partition coefficient (Wildman–Crippen LogP) is 8.52. The van der Waals surface area contributed by atoms with Gasteiger partial charge in [-0.3, -0.25) is 67.3 Å². The van der Waals surface area contributed by atoms with E-state index in [4.69, 9.17) is 52.5 Å². The van der Waals surface area contributed by atoms with Gasteiger partial charge in [0.05, 0.1) is 67.8 Å². The molecule has 4 unspecified atom stereocenters. The molecule has 2 aromatic heterocycles. The number of fused-ring (bicyclic) bond motifs is 2. The number of nitrogens with one attached hydrogen (secondary N) is 2. The first-order valence-corrected chi connectivity index (χ1v) is 44.9. The maximum atomic E-state index is 13.3. The molecule has 6 amide bonds. The molecule has 4 aliphatic rings. The topological polar surface area (TPSA) is 352 Å². The van der Waals surface area contributed by atoms with E-state index in [1.54, 1.807) is 62.6 Å². The monoisotopic (exact) mass is 1600 g/mol. The molecular formula is C74H110N12O20P2Si2. The van der Waals surface area contributed by atoms with Gasteiger partial charge >= 0.3 is 11.4 Å². The van der Waals surface area contributed by atoms with Crippen LogP contribution >= 0.6 is 17.1 Å². The van der Waals surface area contributed by atoms with Gasteiger partial charge in [0.1, 0.15) is 56.3 Å². The van der Waals surface area contributed by atoms with Crippen LogP contribution in [0.25, 0.3) is 4.85 Å². The Hall–Kier alpha value is -7.19. The molecule has 0 aliphatic carbocycles. The van der Waals surface area contributed by atoms with Crippen LogP contribution in [-0.2, 0) is 55.5 Å². The smallest absolute Gasteiger partial charge is 0.330 e. The van der Waals surface area contributed by atoms with Crippen LogP contribution in [-0.4, -0.2) is 247 Å². The molecule has 604 valence electrons. The molecule has 8 rings (SSSR count). The van der Waals surface area contributed by atoms with E-state index in [0.717, 1.165) is 9.80 Å². The maximum Gasteiger partial charge on any atom is 0.330 e. The number of hydrogen-bond acceptors (Lipinski definition) is 23. The Bertz CT molecular complexity index is 4120. The van der Waals surface area contributed by atoms with Gasteiger partial charge in [-0.2, -0.15) is 5.26 Å². The number of benzene rings is 2. The van der Waals surface area contributed by atoms with Crippen molar-refractivity contribution in [2.45, 2.75) is 213 Å². The molecule has 4 aliphatic heterocycles. The van der Waals surface area contributed by atoms with E-state index in [0.29, 0.717) is 0 Å². The summed E-state index contributed by atoms with van der Waals surface area (Å²) >= 11 is 0. The van der Waals surface area contributed by atoms with E-state index in [-0.39, 0.29) is 122 Å². The number of rotatable bonds is 36. The van der Waals surface area contributed by atoms with Gasteiger partial charge in [-0.15, -0.1) is 0 Å². The fourth-order valence-electron chi connectivity index (χ4n) is 12.0. The molecule has 0 saturated carbocycles. The average Bonchev–Trinajstić information content (AvgIpc) is 1.61. The van der Waals surface area contributed by atoms with Gasteiger partial charge in [0, 0.05) is 75.9 Å². The lowest BCUT2D eigenvalue weighted by Gasteiger charge is -2.42. The van der Waals surface area contributed by atoms with Crippen molar-refractivity contribution in [3.63, 3.8) is 0 Å². The van der Waals surface area contributed by atoms with E-state index in [1.165, 1.54) is 43.5 Å². The third kappa shape index (κ3) is 22.2. The van der Waals surface area contributed by atoms with Crippen molar-refractivity contribution in [2.24, 2.45) is 0 Å². The maximum absolute atomic E-state index is 13.3. The highest BCUT2D eigenvalue weighted by Gasteiger charge is 2.56. The molecule has 4 aromatic rings. The van der Waals surface area contributed by atoms with Gasteiger partial charge in [0.2, 0.25) is 18.4 Å². The van der Waals surface area contributed by atoms with Crippen LogP contribution < -0.4 is 22.5 Å². The summed E-state index contributed by atoms with van der Waals surface area (Å²) in [5.41, 5.74) is -1.43. The number of H-pyrrole nitrogens is 2. The molecular weight excluding hydrogens is 1490 g/mol. The second-order valence-electron chi connectivity index (χ2n) is 31.3. The third-order valence-electron chi connectivity index (χ3n) is 19.9. The first-order chi connectivity index (χ1) is 51.6. The molecule has 2 fully saturated rings. The Morgan fingerprint density at radius 1 is 0.555 bits per heavy atom. The lowest BCUT2D eigenvalue weighted by atomic mass is 10.1. The fourth-order valence-corrected chi connectivity index (χ4v) is 18.2. The van der Waals surface area contributed by atoms with Crippen molar-refractivity contribution in [1.29, 1.82) is 5.26 Å². The van der Waals surface area contributed by atoms with Gasteiger partial charge < -0.3 is 60.5 Å². The molecule has 10 atom stereocenters. The molecule has 36 heteroatoms. The van der Waals surface area contributed by atoms with Gasteiger partial charge in [-0.25, -0.2) is 25.5 Å². The average molecular weight is 1610 g/mol. The van der Waals surface area contributed by atoms with Crippen molar-refractivity contribution in [2.75, 3.05) is 86.5 Å². The number of carbonyl (C=O) groups excluding carboxylic acids is 6. The first-order valence-electron chi connectivity index (χ1n) is 36.9. The van der Waals surface area contributed by atoms with Crippen LogP contribution in [0.2, 0.25) is 36.3 Å². The highest BCUT2D eigenvalue weighted by molar-refractivity contribution is 7.45. The molecule has 2 aromatic carbocycles. The number of amides is 6. The summed E-state index contributed by atoms with van der Waals surface area (Å²) in [5, 5.41) is 8.83. The molecule has 2 saturated heterocycles. The first kappa shape index (κ1) is 90.0. The number of ether oxygens (including phenoxy) is 4. The summed E-state index contributed by atoms with van der Waals surface area (Å²) in [4.78, 5) is 141. The number of nitriles is 1. The summed E-state index contributed by atoms with van der Waals surface area (Å²) in [7, 11) is -5.62. The molecule has 2 N–H and O–H groups in total. The summed E-state index contributed by atoms with van der Waals surface area (Å²) in [6, 6.07) is 17.5. The Morgan fingerprint density at radius 3 is 1.26 bits per heavy atom. The molecule has 6 heterocycles. The van der Waals surface area contributed by atoms with Crippen LogP contribution in [0.4, 0.5) is 0 Å². The van der Waals surface area contributed by atoms with Crippen LogP contribution in [0.3, 0.4) is 0 Å². The second-order valence-corrected chi connectivity index (χ2v) is 43.6. The van der Waals surface area contributed by atoms with E-state index in [9.17, 15) is 53.2 Å². The van der Waals surface area contributed by atoms with Gasteiger partial charge in [-0.1, -0.05) is 65.8 Å². The van der Waals surface area contributed by atoms with Crippen LogP contribution in [0.15, 0.2) is 92.2 Å². The zero-order valence-corrected chi connectivity index (χ0v) is 70.7.